The Morgan fingerprint density at radius 2 is 2.53 bits per heavy atom. The molecule has 1 saturated heterocycles. The van der Waals surface area contributed by atoms with E-state index in [-0.39, 0.29) is 5.91 Å². The Hall–Kier alpha value is -1.01. The zero-order chi connectivity index (χ0) is 10.7. The number of anilines is 1. The second-order valence-electron chi connectivity index (χ2n) is 3.50. The lowest BCUT2D eigenvalue weighted by Crippen LogP contribution is -2.12. The van der Waals surface area contributed by atoms with Crippen LogP contribution in [0.4, 0.5) is 5.13 Å². The van der Waals surface area contributed by atoms with E-state index in [1.807, 2.05) is 6.92 Å². The second-order valence-corrected chi connectivity index (χ2v) is 4.51. The van der Waals surface area contributed by atoms with Gasteiger partial charge in [0, 0.05) is 6.42 Å². The smallest absolute Gasteiger partial charge is 0.225 e. The summed E-state index contributed by atoms with van der Waals surface area (Å²) in [5.41, 5.74) is 0. The van der Waals surface area contributed by atoms with Gasteiger partial charge < -0.3 is 10.6 Å². The molecule has 1 aromatic heterocycles. The van der Waals surface area contributed by atoms with E-state index < -0.39 is 0 Å². The van der Waals surface area contributed by atoms with E-state index >= 15 is 0 Å². The molecule has 1 fully saturated rings. The van der Waals surface area contributed by atoms with Gasteiger partial charge in [-0.25, -0.2) is 0 Å². The van der Waals surface area contributed by atoms with Crippen molar-refractivity contribution in [3.05, 3.63) is 5.01 Å². The van der Waals surface area contributed by atoms with Gasteiger partial charge in [0.1, 0.15) is 5.01 Å². The lowest BCUT2D eigenvalue weighted by Gasteiger charge is -2.02. The second kappa shape index (κ2) is 4.67. The third kappa shape index (κ3) is 2.51. The molecule has 1 aliphatic rings. The molecule has 2 heterocycles. The van der Waals surface area contributed by atoms with E-state index in [4.69, 9.17) is 0 Å². The summed E-state index contributed by atoms with van der Waals surface area (Å²) in [6, 6.07) is 0.328. The number of nitrogens with one attached hydrogen (secondary N) is 2. The van der Waals surface area contributed by atoms with Crippen LogP contribution in [0.5, 0.6) is 0 Å². The van der Waals surface area contributed by atoms with Crippen molar-refractivity contribution in [2.24, 2.45) is 0 Å². The number of aromatic nitrogens is 2. The summed E-state index contributed by atoms with van der Waals surface area (Å²) in [5, 5.41) is 15.7. The summed E-state index contributed by atoms with van der Waals surface area (Å²) >= 11 is 1.46. The van der Waals surface area contributed by atoms with Crippen molar-refractivity contribution < 1.29 is 4.79 Å². The van der Waals surface area contributed by atoms with Gasteiger partial charge in [0.15, 0.2) is 0 Å². The first-order valence-electron chi connectivity index (χ1n) is 5.16. The van der Waals surface area contributed by atoms with E-state index in [1.165, 1.54) is 17.8 Å². The predicted molar refractivity (Wildman–Crippen MR) is 58.8 cm³/mol. The van der Waals surface area contributed by atoms with Crippen molar-refractivity contribution in [2.45, 2.75) is 32.2 Å². The lowest BCUT2D eigenvalue weighted by atomic mass is 10.2. The molecule has 0 aromatic carbocycles. The molecule has 0 aliphatic carbocycles. The van der Waals surface area contributed by atoms with Crippen molar-refractivity contribution in [3.63, 3.8) is 0 Å². The Balaban J connectivity index is 2.00. The molecule has 1 aromatic rings. The fourth-order valence-electron chi connectivity index (χ4n) is 1.53. The average Bonchev–Trinajstić information content (AvgIpc) is 2.85. The lowest BCUT2D eigenvalue weighted by molar-refractivity contribution is -0.115. The Bertz CT molecular complexity index is 346. The zero-order valence-corrected chi connectivity index (χ0v) is 9.43. The van der Waals surface area contributed by atoms with Gasteiger partial charge in [-0.05, 0) is 19.4 Å². The highest BCUT2D eigenvalue weighted by molar-refractivity contribution is 7.15. The molecule has 5 nitrogen and oxygen atoms in total. The van der Waals surface area contributed by atoms with Crippen LogP contribution in [0.2, 0.25) is 0 Å². The molecule has 15 heavy (non-hydrogen) atoms. The van der Waals surface area contributed by atoms with Crippen LogP contribution in [0.1, 0.15) is 37.2 Å². The summed E-state index contributed by atoms with van der Waals surface area (Å²) in [4.78, 5) is 11.1. The van der Waals surface area contributed by atoms with Crippen molar-refractivity contribution >= 4 is 22.4 Å². The van der Waals surface area contributed by atoms with Crippen LogP contribution in [0.15, 0.2) is 0 Å². The van der Waals surface area contributed by atoms with E-state index in [0.29, 0.717) is 17.6 Å². The van der Waals surface area contributed by atoms with Crippen molar-refractivity contribution in [3.8, 4) is 0 Å². The van der Waals surface area contributed by atoms with E-state index in [9.17, 15) is 4.79 Å². The Morgan fingerprint density at radius 3 is 3.20 bits per heavy atom. The van der Waals surface area contributed by atoms with Gasteiger partial charge in [0.2, 0.25) is 11.0 Å². The zero-order valence-electron chi connectivity index (χ0n) is 8.62. The van der Waals surface area contributed by atoms with E-state index in [2.05, 4.69) is 20.8 Å². The summed E-state index contributed by atoms with van der Waals surface area (Å²) in [6.07, 6.45) is 2.76. The standard InChI is InChI=1S/C9H14N4OS/c1-2-7(14)11-9-13-12-8(15-9)6-4-3-5-10-6/h6,10H,2-5H2,1H3,(H,11,13,14). The van der Waals surface area contributed by atoms with E-state index in [0.717, 1.165) is 18.0 Å². The van der Waals surface area contributed by atoms with Gasteiger partial charge >= 0.3 is 0 Å². The highest BCUT2D eigenvalue weighted by Crippen LogP contribution is 2.27. The largest absolute Gasteiger partial charge is 0.308 e. The van der Waals surface area contributed by atoms with Crippen LogP contribution in [-0.4, -0.2) is 22.6 Å². The minimum atomic E-state index is -0.0166. The summed E-state index contributed by atoms with van der Waals surface area (Å²) in [7, 11) is 0. The first-order chi connectivity index (χ1) is 7.29. The fourth-order valence-corrected chi connectivity index (χ4v) is 2.40. The van der Waals surface area contributed by atoms with Crippen molar-refractivity contribution in [1.82, 2.24) is 15.5 Å². The van der Waals surface area contributed by atoms with Crippen LogP contribution in [0.3, 0.4) is 0 Å². The number of hydrogen-bond donors (Lipinski definition) is 2. The van der Waals surface area contributed by atoms with E-state index in [1.54, 1.807) is 0 Å². The first kappa shape index (κ1) is 10.5. The number of hydrogen-bond acceptors (Lipinski definition) is 5. The summed E-state index contributed by atoms with van der Waals surface area (Å²) < 4.78 is 0. The van der Waals surface area contributed by atoms with Gasteiger partial charge in [0.05, 0.1) is 6.04 Å². The Kier molecular flexibility index (Phi) is 3.27. The quantitative estimate of drug-likeness (QED) is 0.815. The van der Waals surface area contributed by atoms with Gasteiger partial charge in [-0.1, -0.05) is 18.3 Å². The molecule has 1 amide bonds. The predicted octanol–water partition coefficient (Wildman–Crippen LogP) is 1.31. The molecule has 6 heteroatoms. The van der Waals surface area contributed by atoms with Crippen LogP contribution < -0.4 is 10.6 Å². The molecule has 0 saturated carbocycles. The average molecular weight is 226 g/mol. The number of amides is 1. The molecule has 1 aliphatic heterocycles. The molecule has 0 bridgehead atoms. The molecule has 1 unspecified atom stereocenters. The fraction of sp³-hybridized carbons (Fsp3) is 0.667. The van der Waals surface area contributed by atoms with Crippen molar-refractivity contribution in [2.75, 3.05) is 11.9 Å². The highest BCUT2D eigenvalue weighted by atomic mass is 32.1. The number of carbonyl (C=O) groups is 1. The van der Waals surface area contributed by atoms with Crippen molar-refractivity contribution in [1.29, 1.82) is 0 Å². The maximum atomic E-state index is 11.1. The summed E-state index contributed by atoms with van der Waals surface area (Å²) in [6.45, 7) is 2.86. The minimum Gasteiger partial charge on any atom is -0.308 e. The molecule has 0 radical (unpaired) electrons. The number of nitrogens with zero attached hydrogens (tertiary/aromatic N) is 2. The monoisotopic (exact) mass is 226 g/mol. The molecular formula is C9H14N4OS. The minimum absolute atomic E-state index is 0.0166. The van der Waals surface area contributed by atoms with Gasteiger partial charge in [-0.3, -0.25) is 4.79 Å². The molecule has 1 atom stereocenters. The molecular weight excluding hydrogens is 212 g/mol. The normalized spacial score (nSPS) is 20.5. The van der Waals surface area contributed by atoms with Crippen LogP contribution in [0, 0.1) is 0 Å². The van der Waals surface area contributed by atoms with Gasteiger partial charge in [-0.15, -0.1) is 10.2 Å². The third-order valence-electron chi connectivity index (χ3n) is 2.37. The first-order valence-corrected chi connectivity index (χ1v) is 5.98. The van der Waals surface area contributed by atoms with Gasteiger partial charge in [-0.2, -0.15) is 0 Å². The maximum absolute atomic E-state index is 11.1. The number of rotatable bonds is 3. The Morgan fingerprint density at radius 1 is 1.67 bits per heavy atom. The van der Waals surface area contributed by atoms with Crippen LogP contribution in [0.25, 0.3) is 0 Å². The molecule has 2 rings (SSSR count). The van der Waals surface area contributed by atoms with Crippen LogP contribution >= 0.6 is 11.3 Å². The van der Waals surface area contributed by atoms with Gasteiger partial charge in [0.25, 0.3) is 0 Å². The topological polar surface area (TPSA) is 66.9 Å². The molecule has 0 spiro atoms. The highest BCUT2D eigenvalue weighted by Gasteiger charge is 2.20. The molecule has 2 N–H and O–H groups in total. The Labute approximate surface area is 92.3 Å². The number of carbonyl (C=O) groups excluding carboxylic acids is 1. The molecule has 82 valence electrons. The third-order valence-corrected chi connectivity index (χ3v) is 3.32. The maximum Gasteiger partial charge on any atom is 0.225 e. The SMILES string of the molecule is CCC(=O)Nc1nnc(C2CCCN2)s1. The summed E-state index contributed by atoms with van der Waals surface area (Å²) in [5.74, 6) is -0.0166. The van der Waals surface area contributed by atoms with Crippen LogP contribution in [-0.2, 0) is 4.79 Å².